The maximum absolute atomic E-state index is 2.34. The minimum Gasteiger partial charge on any atom is -1.00 e. The van der Waals surface area contributed by atoms with Crippen molar-refractivity contribution in [3.8, 4) is 0 Å². The van der Waals surface area contributed by atoms with E-state index >= 15 is 0 Å². The molecule has 0 N–H and O–H groups in total. The number of quaternary nitrogens is 1. The van der Waals surface area contributed by atoms with E-state index in [0.717, 1.165) is 0 Å². The molecule has 0 unspecified atom stereocenters. The zero-order valence-electron chi connectivity index (χ0n) is 17.6. The molecule has 2 heteroatoms. The van der Waals surface area contributed by atoms with Crippen LogP contribution in [0.1, 0.15) is 118 Å². The summed E-state index contributed by atoms with van der Waals surface area (Å²) in [5.74, 6) is 0. The normalized spacial score (nSPS) is 11.5. The zero-order valence-corrected chi connectivity index (χ0v) is 19.7. The first-order chi connectivity index (χ1) is 11.2. The molecule has 0 aromatic heterocycles. The monoisotopic (exact) mass is 453 g/mol. The second-order valence-electron chi connectivity index (χ2n) is 7.77. The van der Waals surface area contributed by atoms with Crippen molar-refractivity contribution in [2.24, 2.45) is 0 Å². The van der Waals surface area contributed by atoms with Gasteiger partial charge in [-0.25, -0.2) is 0 Å². The van der Waals surface area contributed by atoms with E-state index in [2.05, 4.69) is 27.7 Å². The highest BCUT2D eigenvalue weighted by Crippen LogP contribution is 2.19. The van der Waals surface area contributed by atoms with E-state index in [1.54, 1.807) is 0 Å². The molecule has 0 fully saturated rings. The molecule has 0 heterocycles. The minimum atomic E-state index is 0. The van der Waals surface area contributed by atoms with Gasteiger partial charge in [0, 0.05) is 0 Å². The zero-order chi connectivity index (χ0) is 17.2. The van der Waals surface area contributed by atoms with Crippen molar-refractivity contribution in [2.45, 2.75) is 118 Å². The Bertz CT molecular complexity index is 206. The largest absolute Gasteiger partial charge is 1.00 e. The fourth-order valence-corrected chi connectivity index (χ4v) is 3.81. The van der Waals surface area contributed by atoms with Gasteiger partial charge >= 0.3 is 0 Å². The van der Waals surface area contributed by atoms with Crippen LogP contribution < -0.4 is 24.0 Å². The first-order valence-electron chi connectivity index (χ1n) is 11.1. The van der Waals surface area contributed by atoms with E-state index in [4.69, 9.17) is 0 Å². The van der Waals surface area contributed by atoms with Gasteiger partial charge in [-0.05, 0) is 51.4 Å². The van der Waals surface area contributed by atoms with Crippen LogP contribution >= 0.6 is 0 Å². The number of nitrogens with zero attached hydrogens (tertiary/aromatic N) is 1. The summed E-state index contributed by atoms with van der Waals surface area (Å²) in [6.45, 7) is 15.2. The first kappa shape index (κ1) is 26.9. The second kappa shape index (κ2) is 20.0. The van der Waals surface area contributed by atoms with Crippen LogP contribution in [-0.4, -0.2) is 30.7 Å². The van der Waals surface area contributed by atoms with Crippen molar-refractivity contribution >= 4 is 0 Å². The van der Waals surface area contributed by atoms with E-state index in [-0.39, 0.29) is 24.0 Å². The van der Waals surface area contributed by atoms with Gasteiger partial charge in [0.05, 0.1) is 26.2 Å². The number of hydrogen-bond donors (Lipinski definition) is 0. The van der Waals surface area contributed by atoms with Crippen molar-refractivity contribution in [1.82, 2.24) is 0 Å². The van der Waals surface area contributed by atoms with Gasteiger partial charge in [-0.1, -0.05) is 66.2 Å². The Kier molecular flexibility index (Phi) is 22.4. The van der Waals surface area contributed by atoms with Gasteiger partial charge in [0.15, 0.2) is 0 Å². The third kappa shape index (κ3) is 15.0. The number of halogens is 1. The highest BCUT2D eigenvalue weighted by molar-refractivity contribution is 4.52. The maximum atomic E-state index is 2.34. The van der Waals surface area contributed by atoms with E-state index < -0.39 is 0 Å². The molecule has 0 aromatic carbocycles. The molecule has 0 saturated carbocycles. The van der Waals surface area contributed by atoms with Crippen LogP contribution in [0.15, 0.2) is 0 Å². The third-order valence-electron chi connectivity index (χ3n) is 5.44. The summed E-state index contributed by atoms with van der Waals surface area (Å²) >= 11 is 0. The van der Waals surface area contributed by atoms with Crippen molar-refractivity contribution in [3.63, 3.8) is 0 Å². The van der Waals surface area contributed by atoms with Crippen LogP contribution in [0, 0.1) is 0 Å². The molecule has 0 spiro atoms. The van der Waals surface area contributed by atoms with Crippen LogP contribution in [0.4, 0.5) is 0 Å². The Balaban J connectivity index is 0. The smallest absolute Gasteiger partial charge is 0.0786 e. The summed E-state index contributed by atoms with van der Waals surface area (Å²) in [6.07, 6.45) is 19.9. The van der Waals surface area contributed by atoms with Crippen LogP contribution in [0.3, 0.4) is 0 Å². The van der Waals surface area contributed by atoms with Gasteiger partial charge in [-0.2, -0.15) is 0 Å². The molecule has 0 saturated heterocycles. The molecule has 0 aromatic rings. The SMILES string of the molecule is CCCCCC[N+](CCCCC)(CCCCC)CCCCCC.[I-]. The quantitative estimate of drug-likeness (QED) is 0.165. The fraction of sp³-hybridized carbons (Fsp3) is 1.00. The molecule has 0 amide bonds. The van der Waals surface area contributed by atoms with Gasteiger partial charge in [0.1, 0.15) is 0 Å². The molecule has 148 valence electrons. The number of rotatable bonds is 18. The summed E-state index contributed by atoms with van der Waals surface area (Å²) in [6, 6.07) is 0. The Morgan fingerprint density at radius 2 is 0.625 bits per heavy atom. The standard InChI is InChI=1S/C22H48N.HI/c1-5-9-13-17-21-23(19-15-11-7-3,20-16-12-8-4)22-18-14-10-6-2;/h5-22H2,1-4H3;1H/q+1;/p-1. The molecular weight excluding hydrogens is 405 g/mol. The van der Waals surface area contributed by atoms with Gasteiger partial charge in [-0.3, -0.25) is 0 Å². The Labute approximate surface area is 172 Å². The lowest BCUT2D eigenvalue weighted by Gasteiger charge is -2.39. The lowest BCUT2D eigenvalue weighted by molar-refractivity contribution is -0.929. The topological polar surface area (TPSA) is 0 Å². The molecule has 0 rings (SSSR count). The van der Waals surface area contributed by atoms with Crippen molar-refractivity contribution < 1.29 is 28.5 Å². The van der Waals surface area contributed by atoms with Crippen LogP contribution in [0.2, 0.25) is 0 Å². The highest BCUT2D eigenvalue weighted by atomic mass is 127. The fourth-order valence-electron chi connectivity index (χ4n) is 3.81. The van der Waals surface area contributed by atoms with Crippen molar-refractivity contribution in [3.05, 3.63) is 0 Å². The van der Waals surface area contributed by atoms with E-state index in [1.807, 2.05) is 0 Å². The highest BCUT2D eigenvalue weighted by Gasteiger charge is 2.25. The lowest BCUT2D eigenvalue weighted by atomic mass is 10.1. The molecule has 0 radical (unpaired) electrons. The van der Waals surface area contributed by atoms with Crippen LogP contribution in [-0.2, 0) is 0 Å². The Morgan fingerprint density at radius 1 is 0.375 bits per heavy atom. The molecule has 0 bridgehead atoms. The second-order valence-corrected chi connectivity index (χ2v) is 7.77. The lowest BCUT2D eigenvalue weighted by Crippen LogP contribution is -3.00. The maximum Gasteiger partial charge on any atom is 0.0786 e. The summed E-state index contributed by atoms with van der Waals surface area (Å²) < 4.78 is 1.45. The molecule has 1 nitrogen and oxygen atoms in total. The molecular formula is C22H48IN. The average Bonchev–Trinajstić information content (AvgIpc) is 2.56. The molecule has 0 aliphatic rings. The van der Waals surface area contributed by atoms with Gasteiger partial charge in [-0.15, -0.1) is 0 Å². The molecule has 0 atom stereocenters. The molecule has 0 aliphatic carbocycles. The molecule has 0 aliphatic heterocycles. The van der Waals surface area contributed by atoms with Gasteiger partial charge in [0.2, 0.25) is 0 Å². The van der Waals surface area contributed by atoms with E-state index in [1.165, 1.54) is 121 Å². The van der Waals surface area contributed by atoms with Gasteiger partial charge in [0.25, 0.3) is 0 Å². The average molecular weight is 454 g/mol. The Hall–Kier alpha value is 0.690. The summed E-state index contributed by atoms with van der Waals surface area (Å²) in [5.41, 5.74) is 0. The Morgan fingerprint density at radius 3 is 0.917 bits per heavy atom. The predicted octanol–water partition coefficient (Wildman–Crippen LogP) is 4.35. The molecule has 24 heavy (non-hydrogen) atoms. The van der Waals surface area contributed by atoms with Crippen molar-refractivity contribution in [2.75, 3.05) is 26.2 Å². The summed E-state index contributed by atoms with van der Waals surface area (Å²) in [5, 5.41) is 0. The van der Waals surface area contributed by atoms with Gasteiger partial charge < -0.3 is 28.5 Å². The number of unbranched alkanes of at least 4 members (excludes halogenated alkanes) is 10. The first-order valence-corrected chi connectivity index (χ1v) is 11.1. The van der Waals surface area contributed by atoms with Crippen LogP contribution in [0.25, 0.3) is 0 Å². The number of hydrogen-bond acceptors (Lipinski definition) is 0. The third-order valence-corrected chi connectivity index (χ3v) is 5.44. The summed E-state index contributed by atoms with van der Waals surface area (Å²) in [4.78, 5) is 0. The predicted molar refractivity (Wildman–Crippen MR) is 107 cm³/mol. The minimum absolute atomic E-state index is 0. The summed E-state index contributed by atoms with van der Waals surface area (Å²) in [7, 11) is 0. The van der Waals surface area contributed by atoms with Crippen LogP contribution in [0.5, 0.6) is 0 Å². The van der Waals surface area contributed by atoms with E-state index in [9.17, 15) is 0 Å². The van der Waals surface area contributed by atoms with Crippen molar-refractivity contribution in [1.29, 1.82) is 0 Å². The van der Waals surface area contributed by atoms with E-state index in [0.29, 0.717) is 0 Å².